The van der Waals surface area contributed by atoms with Crippen LogP contribution in [0.4, 0.5) is 0 Å². The summed E-state index contributed by atoms with van der Waals surface area (Å²) >= 11 is 0. The normalized spacial score (nSPS) is 22.0. The third-order valence-corrected chi connectivity index (χ3v) is 6.75. The molecule has 0 fully saturated rings. The molecule has 0 unspecified atom stereocenters. The molecule has 1 aromatic heterocycles. The van der Waals surface area contributed by atoms with Gasteiger partial charge in [0.1, 0.15) is 11.9 Å². The monoisotopic (exact) mass is 407 g/mol. The lowest BCUT2D eigenvalue weighted by Gasteiger charge is -2.52. The zero-order valence-corrected chi connectivity index (χ0v) is 17.2. The van der Waals surface area contributed by atoms with Gasteiger partial charge in [-0.25, -0.2) is 4.98 Å². The van der Waals surface area contributed by atoms with Gasteiger partial charge in [-0.2, -0.15) is 0 Å². The maximum atomic E-state index is 13.7. The van der Waals surface area contributed by atoms with E-state index < -0.39 is 11.6 Å². The Morgan fingerprint density at radius 3 is 2.45 bits per heavy atom. The lowest BCUT2D eigenvalue weighted by Crippen LogP contribution is -2.62. The van der Waals surface area contributed by atoms with Crippen molar-refractivity contribution in [1.82, 2.24) is 14.5 Å². The van der Waals surface area contributed by atoms with Crippen molar-refractivity contribution in [2.24, 2.45) is 0 Å². The molecule has 2 aliphatic rings. The molecule has 1 amide bonds. The van der Waals surface area contributed by atoms with Gasteiger partial charge in [-0.3, -0.25) is 14.2 Å². The summed E-state index contributed by atoms with van der Waals surface area (Å²) in [6.45, 7) is 2.39. The van der Waals surface area contributed by atoms with Gasteiger partial charge in [-0.05, 0) is 42.2 Å². The van der Waals surface area contributed by atoms with Crippen LogP contribution in [0.25, 0.3) is 10.9 Å². The Labute approximate surface area is 179 Å². The number of benzene rings is 3. The SMILES string of the molecule is C[C@H]1C(=O)N2CCc3ccccc3[C@]2(c2ccccc2)c2nc3ccccc3c(=O)n21. The minimum Gasteiger partial charge on any atom is -0.320 e. The highest BCUT2D eigenvalue weighted by Gasteiger charge is 2.55. The summed E-state index contributed by atoms with van der Waals surface area (Å²) in [6, 6.07) is 25.0. The first-order valence-electron chi connectivity index (χ1n) is 10.6. The molecule has 31 heavy (non-hydrogen) atoms. The maximum Gasteiger partial charge on any atom is 0.262 e. The van der Waals surface area contributed by atoms with Crippen molar-refractivity contribution in [3.8, 4) is 0 Å². The number of rotatable bonds is 1. The first kappa shape index (κ1) is 18.1. The van der Waals surface area contributed by atoms with Gasteiger partial charge in [0, 0.05) is 6.54 Å². The predicted molar refractivity (Wildman–Crippen MR) is 119 cm³/mol. The third kappa shape index (κ3) is 2.23. The van der Waals surface area contributed by atoms with Crippen molar-refractivity contribution in [2.45, 2.75) is 24.9 Å². The topological polar surface area (TPSA) is 55.2 Å². The molecule has 0 saturated heterocycles. The molecule has 3 heterocycles. The van der Waals surface area contributed by atoms with Gasteiger partial charge in [0.2, 0.25) is 5.91 Å². The summed E-state index contributed by atoms with van der Waals surface area (Å²) in [5.41, 5.74) is 2.68. The number of nitrogens with zero attached hydrogens (tertiary/aromatic N) is 3. The lowest BCUT2D eigenvalue weighted by atomic mass is 9.73. The minimum absolute atomic E-state index is 0.0509. The van der Waals surface area contributed by atoms with Crippen molar-refractivity contribution < 1.29 is 4.79 Å². The number of carbonyl (C=O) groups excluding carboxylic acids is 1. The molecule has 6 rings (SSSR count). The van der Waals surface area contributed by atoms with Crippen LogP contribution in [0, 0.1) is 0 Å². The van der Waals surface area contributed by atoms with Gasteiger partial charge >= 0.3 is 0 Å². The van der Waals surface area contributed by atoms with E-state index >= 15 is 0 Å². The highest BCUT2D eigenvalue weighted by Crippen LogP contribution is 2.49. The Bertz CT molecular complexity index is 1410. The fourth-order valence-corrected chi connectivity index (χ4v) is 5.37. The molecule has 0 saturated carbocycles. The number of hydrogen-bond donors (Lipinski definition) is 0. The average molecular weight is 407 g/mol. The third-order valence-electron chi connectivity index (χ3n) is 6.75. The second kappa shape index (κ2) is 6.38. The predicted octanol–water partition coefficient (Wildman–Crippen LogP) is 3.65. The lowest BCUT2D eigenvalue weighted by molar-refractivity contribution is -0.142. The Morgan fingerprint density at radius 2 is 1.61 bits per heavy atom. The maximum absolute atomic E-state index is 13.7. The molecule has 3 aromatic carbocycles. The van der Waals surface area contributed by atoms with Crippen molar-refractivity contribution >= 4 is 16.8 Å². The first-order chi connectivity index (χ1) is 15.1. The molecule has 0 radical (unpaired) electrons. The largest absolute Gasteiger partial charge is 0.320 e. The van der Waals surface area contributed by atoms with Crippen LogP contribution in [-0.4, -0.2) is 26.9 Å². The van der Waals surface area contributed by atoms with Crippen molar-refractivity contribution in [2.75, 3.05) is 6.54 Å². The van der Waals surface area contributed by atoms with Crippen molar-refractivity contribution in [3.05, 3.63) is 112 Å². The summed E-state index contributed by atoms with van der Waals surface area (Å²) in [7, 11) is 0. The molecule has 5 nitrogen and oxygen atoms in total. The molecule has 152 valence electrons. The average Bonchev–Trinajstić information content (AvgIpc) is 2.82. The number of aromatic nitrogens is 2. The van der Waals surface area contributed by atoms with E-state index in [-0.39, 0.29) is 11.5 Å². The Hall–Kier alpha value is -3.73. The molecule has 0 N–H and O–H groups in total. The molecule has 4 aromatic rings. The van der Waals surface area contributed by atoms with Crippen LogP contribution in [0.1, 0.15) is 35.5 Å². The number of fused-ring (bicyclic) bond motifs is 6. The molecule has 2 atom stereocenters. The zero-order valence-electron chi connectivity index (χ0n) is 17.2. The van der Waals surface area contributed by atoms with Crippen LogP contribution < -0.4 is 5.56 Å². The van der Waals surface area contributed by atoms with E-state index in [1.165, 1.54) is 5.56 Å². The van der Waals surface area contributed by atoms with Crippen LogP contribution in [-0.2, 0) is 16.8 Å². The Morgan fingerprint density at radius 1 is 0.903 bits per heavy atom. The Balaban J connectivity index is 1.85. The molecular formula is C26H21N3O2. The van der Waals surface area contributed by atoms with E-state index in [2.05, 4.69) is 12.1 Å². The molecule has 2 aliphatic heterocycles. The van der Waals surface area contributed by atoms with Gasteiger partial charge in [0.25, 0.3) is 5.56 Å². The molecule has 0 spiro atoms. The molecule has 0 aliphatic carbocycles. The van der Waals surface area contributed by atoms with E-state index in [1.54, 1.807) is 17.6 Å². The Kier molecular flexibility index (Phi) is 3.72. The van der Waals surface area contributed by atoms with Gasteiger partial charge in [-0.15, -0.1) is 0 Å². The smallest absolute Gasteiger partial charge is 0.262 e. The van der Waals surface area contributed by atoms with Gasteiger partial charge in [-0.1, -0.05) is 66.7 Å². The van der Waals surface area contributed by atoms with Gasteiger partial charge in [0.15, 0.2) is 5.54 Å². The highest BCUT2D eigenvalue weighted by atomic mass is 16.2. The van der Waals surface area contributed by atoms with Crippen LogP contribution in [0.15, 0.2) is 83.7 Å². The molecule has 5 heteroatoms. The standard InChI is InChI=1S/C26H21N3O2/c1-17-23(30)28-16-15-18-9-5-7-13-21(18)26(28,19-10-3-2-4-11-19)25-27-22-14-8-6-12-20(22)24(31)29(17)25/h2-14,17H,15-16H2,1H3/t17-,26+/m0/s1. The number of para-hydroxylation sites is 1. The second-order valence-electron chi connectivity index (χ2n) is 8.28. The molecule has 0 bridgehead atoms. The number of amides is 1. The van der Waals surface area contributed by atoms with Crippen LogP contribution >= 0.6 is 0 Å². The summed E-state index contributed by atoms with van der Waals surface area (Å²) in [5, 5.41) is 0.534. The van der Waals surface area contributed by atoms with Gasteiger partial charge in [0.05, 0.1) is 10.9 Å². The molecular weight excluding hydrogens is 386 g/mol. The quantitative estimate of drug-likeness (QED) is 0.484. The highest BCUT2D eigenvalue weighted by molar-refractivity contribution is 5.86. The number of hydrogen-bond acceptors (Lipinski definition) is 3. The van der Waals surface area contributed by atoms with Crippen LogP contribution in [0.2, 0.25) is 0 Å². The number of carbonyl (C=O) groups is 1. The minimum atomic E-state index is -0.942. The van der Waals surface area contributed by atoms with E-state index in [4.69, 9.17) is 4.98 Å². The van der Waals surface area contributed by atoms with E-state index in [1.807, 2.05) is 65.6 Å². The fourth-order valence-electron chi connectivity index (χ4n) is 5.37. The second-order valence-corrected chi connectivity index (χ2v) is 8.28. The summed E-state index contributed by atoms with van der Waals surface area (Å²) < 4.78 is 1.62. The van der Waals surface area contributed by atoms with Crippen molar-refractivity contribution in [3.63, 3.8) is 0 Å². The first-order valence-corrected chi connectivity index (χ1v) is 10.6. The fraction of sp³-hybridized carbons (Fsp3) is 0.192. The summed E-state index contributed by atoms with van der Waals surface area (Å²) in [5.74, 6) is 0.562. The van der Waals surface area contributed by atoms with Crippen LogP contribution in [0.3, 0.4) is 0 Å². The van der Waals surface area contributed by atoms with E-state index in [0.717, 1.165) is 17.5 Å². The summed E-state index contributed by atoms with van der Waals surface area (Å²) in [6.07, 6.45) is 0.779. The van der Waals surface area contributed by atoms with E-state index in [9.17, 15) is 9.59 Å². The van der Waals surface area contributed by atoms with Gasteiger partial charge < -0.3 is 4.90 Å². The van der Waals surface area contributed by atoms with E-state index in [0.29, 0.717) is 23.3 Å². The van der Waals surface area contributed by atoms with Crippen LogP contribution in [0.5, 0.6) is 0 Å². The zero-order chi connectivity index (χ0) is 21.2. The van der Waals surface area contributed by atoms with Crippen molar-refractivity contribution in [1.29, 1.82) is 0 Å². The summed E-state index contributed by atoms with van der Waals surface area (Å²) in [4.78, 5) is 34.4.